The molecule has 1 aromatic carbocycles. The summed E-state index contributed by atoms with van der Waals surface area (Å²) in [7, 11) is 0. The second kappa shape index (κ2) is 5.18. The molecule has 0 spiro atoms. The predicted molar refractivity (Wildman–Crippen MR) is 73.6 cm³/mol. The molecule has 0 aliphatic rings. The number of rotatable bonds is 2. The lowest BCUT2D eigenvalue weighted by atomic mass is 10.0. The lowest BCUT2D eigenvalue weighted by molar-refractivity contribution is -0.139. The van der Waals surface area contributed by atoms with E-state index in [1.807, 2.05) is 0 Å². The highest BCUT2D eigenvalue weighted by molar-refractivity contribution is 5.96. The minimum Gasteiger partial charge on any atom is -0.505 e. The molecule has 0 fully saturated rings. The van der Waals surface area contributed by atoms with Gasteiger partial charge in [-0.05, 0) is 23.8 Å². The zero-order valence-electron chi connectivity index (χ0n) is 11.7. The van der Waals surface area contributed by atoms with Crippen LogP contribution in [-0.2, 0) is 6.18 Å². The summed E-state index contributed by atoms with van der Waals surface area (Å²) in [5.74, 6) is -3.01. The highest BCUT2D eigenvalue weighted by Crippen LogP contribution is 2.36. The smallest absolute Gasteiger partial charge is 0.419 e. The summed E-state index contributed by atoms with van der Waals surface area (Å²) in [5.41, 5.74) is 3.26. The molecule has 0 radical (unpaired) electrons. The Morgan fingerprint density at radius 1 is 1.25 bits per heavy atom. The molecule has 124 valence electrons. The second-order valence-electron chi connectivity index (χ2n) is 4.84. The molecule has 2 heterocycles. The third kappa shape index (κ3) is 2.41. The SMILES string of the molecule is NC(=O)c1c(O)cc(-c2ccc(F)c(C(F)(F)F)c2)c2ncnn12. The molecule has 0 unspecified atom stereocenters. The Morgan fingerprint density at radius 3 is 2.58 bits per heavy atom. The van der Waals surface area contributed by atoms with E-state index in [0.29, 0.717) is 12.1 Å². The van der Waals surface area contributed by atoms with Gasteiger partial charge in [0.2, 0.25) is 0 Å². The molecular weight excluding hydrogens is 332 g/mol. The quantitative estimate of drug-likeness (QED) is 0.700. The highest BCUT2D eigenvalue weighted by Gasteiger charge is 2.34. The monoisotopic (exact) mass is 340 g/mol. The van der Waals surface area contributed by atoms with E-state index in [0.717, 1.165) is 23.0 Å². The fourth-order valence-electron chi connectivity index (χ4n) is 2.32. The van der Waals surface area contributed by atoms with E-state index in [9.17, 15) is 27.5 Å². The number of amides is 1. The van der Waals surface area contributed by atoms with Crippen LogP contribution in [0.15, 0.2) is 30.6 Å². The highest BCUT2D eigenvalue weighted by atomic mass is 19.4. The van der Waals surface area contributed by atoms with Gasteiger partial charge in [-0.15, -0.1) is 0 Å². The molecule has 1 amide bonds. The first-order chi connectivity index (χ1) is 11.2. The summed E-state index contributed by atoms with van der Waals surface area (Å²) in [5, 5.41) is 13.7. The van der Waals surface area contributed by atoms with Crippen LogP contribution in [0.25, 0.3) is 16.8 Å². The third-order valence-corrected chi connectivity index (χ3v) is 3.34. The van der Waals surface area contributed by atoms with E-state index in [-0.39, 0.29) is 22.5 Å². The predicted octanol–water partition coefficient (Wildman–Crippen LogP) is 2.36. The van der Waals surface area contributed by atoms with Gasteiger partial charge in [-0.2, -0.15) is 18.3 Å². The molecule has 3 aromatic rings. The van der Waals surface area contributed by atoms with Crippen LogP contribution in [0.3, 0.4) is 0 Å². The molecule has 3 N–H and O–H groups in total. The van der Waals surface area contributed by atoms with Crippen molar-refractivity contribution in [3.05, 3.63) is 47.7 Å². The van der Waals surface area contributed by atoms with Gasteiger partial charge in [-0.25, -0.2) is 13.9 Å². The Morgan fingerprint density at radius 2 is 1.96 bits per heavy atom. The first kappa shape index (κ1) is 15.7. The lowest BCUT2D eigenvalue weighted by Crippen LogP contribution is -2.17. The molecule has 0 bridgehead atoms. The molecule has 2 aromatic heterocycles. The molecule has 10 heteroatoms. The third-order valence-electron chi connectivity index (χ3n) is 3.34. The Balaban J connectivity index is 2.31. The number of aromatic hydroxyl groups is 1. The van der Waals surface area contributed by atoms with Crippen molar-refractivity contribution in [3.63, 3.8) is 0 Å². The number of hydrogen-bond donors (Lipinski definition) is 2. The molecule has 0 atom stereocenters. The zero-order chi connectivity index (χ0) is 17.6. The number of primary amides is 1. The fourth-order valence-corrected chi connectivity index (χ4v) is 2.32. The average Bonchev–Trinajstić information content (AvgIpc) is 2.94. The molecule has 6 nitrogen and oxygen atoms in total. The Bertz CT molecular complexity index is 965. The molecule has 3 rings (SSSR count). The van der Waals surface area contributed by atoms with Gasteiger partial charge in [-0.3, -0.25) is 4.79 Å². The van der Waals surface area contributed by atoms with Gasteiger partial charge < -0.3 is 10.8 Å². The van der Waals surface area contributed by atoms with E-state index < -0.39 is 29.2 Å². The minimum absolute atomic E-state index is 0.0127. The Labute approximate surface area is 131 Å². The number of aromatic nitrogens is 3. The number of benzene rings is 1. The summed E-state index contributed by atoms with van der Waals surface area (Å²) in [6, 6.07) is 3.36. The van der Waals surface area contributed by atoms with Crippen LogP contribution in [0.4, 0.5) is 17.6 Å². The first-order valence-corrected chi connectivity index (χ1v) is 6.42. The molecular formula is C14H8F4N4O2. The van der Waals surface area contributed by atoms with Gasteiger partial charge in [0, 0.05) is 5.56 Å². The van der Waals surface area contributed by atoms with Crippen molar-refractivity contribution in [3.8, 4) is 16.9 Å². The van der Waals surface area contributed by atoms with Crippen molar-refractivity contribution in [2.24, 2.45) is 5.73 Å². The summed E-state index contributed by atoms with van der Waals surface area (Å²) < 4.78 is 52.9. The fraction of sp³-hybridized carbons (Fsp3) is 0.0714. The Kier molecular flexibility index (Phi) is 3.39. The van der Waals surface area contributed by atoms with Crippen molar-refractivity contribution in [2.75, 3.05) is 0 Å². The normalized spacial score (nSPS) is 11.8. The van der Waals surface area contributed by atoms with Crippen molar-refractivity contribution in [1.29, 1.82) is 0 Å². The van der Waals surface area contributed by atoms with E-state index in [1.54, 1.807) is 0 Å². The number of nitrogens with two attached hydrogens (primary N) is 1. The second-order valence-corrected chi connectivity index (χ2v) is 4.84. The van der Waals surface area contributed by atoms with Crippen LogP contribution in [0.1, 0.15) is 16.1 Å². The standard InChI is InChI=1S/C14H8F4N4O2/c15-9-2-1-6(3-8(9)14(16,17)18)7-4-10(23)11(12(19)24)22-13(7)20-5-21-22/h1-5,23H,(H2,19,24). The number of carbonyl (C=O) groups excluding carboxylic acids is 1. The minimum atomic E-state index is -4.89. The molecule has 0 aliphatic carbocycles. The van der Waals surface area contributed by atoms with Crippen molar-refractivity contribution in [2.45, 2.75) is 6.18 Å². The van der Waals surface area contributed by atoms with Gasteiger partial charge in [-0.1, -0.05) is 6.07 Å². The largest absolute Gasteiger partial charge is 0.505 e. The van der Waals surface area contributed by atoms with Crippen molar-refractivity contribution in [1.82, 2.24) is 14.6 Å². The van der Waals surface area contributed by atoms with Crippen LogP contribution in [0, 0.1) is 5.82 Å². The van der Waals surface area contributed by atoms with Gasteiger partial charge >= 0.3 is 6.18 Å². The molecule has 24 heavy (non-hydrogen) atoms. The zero-order valence-corrected chi connectivity index (χ0v) is 11.7. The van der Waals surface area contributed by atoms with Crippen molar-refractivity contribution >= 4 is 11.6 Å². The lowest BCUT2D eigenvalue weighted by Gasteiger charge is -2.12. The van der Waals surface area contributed by atoms with Crippen LogP contribution in [0.5, 0.6) is 5.75 Å². The van der Waals surface area contributed by atoms with Gasteiger partial charge in [0.25, 0.3) is 5.91 Å². The maximum Gasteiger partial charge on any atom is 0.419 e. The molecule has 0 aliphatic heterocycles. The van der Waals surface area contributed by atoms with Crippen LogP contribution < -0.4 is 5.73 Å². The van der Waals surface area contributed by atoms with E-state index in [1.165, 1.54) is 0 Å². The average molecular weight is 340 g/mol. The van der Waals surface area contributed by atoms with Crippen molar-refractivity contribution < 1.29 is 27.5 Å². The summed E-state index contributed by atoms with van der Waals surface area (Å²) in [4.78, 5) is 15.2. The summed E-state index contributed by atoms with van der Waals surface area (Å²) in [6.45, 7) is 0. The van der Waals surface area contributed by atoms with Gasteiger partial charge in [0.1, 0.15) is 17.9 Å². The van der Waals surface area contributed by atoms with Gasteiger partial charge in [0.05, 0.1) is 5.56 Å². The first-order valence-electron chi connectivity index (χ1n) is 6.42. The maximum atomic E-state index is 13.4. The number of hydrogen-bond acceptors (Lipinski definition) is 4. The van der Waals surface area contributed by atoms with Crippen LogP contribution in [0.2, 0.25) is 0 Å². The topological polar surface area (TPSA) is 93.5 Å². The number of halogens is 4. The van der Waals surface area contributed by atoms with E-state index in [2.05, 4.69) is 10.1 Å². The number of pyridine rings is 1. The maximum absolute atomic E-state index is 13.4. The Hall–Kier alpha value is -3.17. The number of nitrogens with zero attached hydrogens (tertiary/aromatic N) is 3. The molecule has 0 saturated carbocycles. The van der Waals surface area contributed by atoms with Gasteiger partial charge in [0.15, 0.2) is 11.3 Å². The number of fused-ring (bicyclic) bond motifs is 1. The number of alkyl halides is 3. The van der Waals surface area contributed by atoms with E-state index in [4.69, 9.17) is 5.73 Å². The summed E-state index contributed by atoms with van der Waals surface area (Å²) in [6.07, 6.45) is -3.85. The van der Waals surface area contributed by atoms with E-state index >= 15 is 0 Å². The number of carbonyl (C=O) groups is 1. The van der Waals surface area contributed by atoms with Crippen LogP contribution in [-0.4, -0.2) is 25.6 Å². The molecule has 0 saturated heterocycles. The van der Waals surface area contributed by atoms with Crippen LogP contribution >= 0.6 is 0 Å². The summed E-state index contributed by atoms with van der Waals surface area (Å²) >= 11 is 0.